The van der Waals surface area contributed by atoms with E-state index in [1.54, 1.807) is 0 Å². The molecule has 0 unspecified atom stereocenters. The molecule has 0 amide bonds. The summed E-state index contributed by atoms with van der Waals surface area (Å²) >= 11 is 1.92. The van der Waals surface area contributed by atoms with E-state index in [0.29, 0.717) is 0 Å². The Balaban J connectivity index is 2.27. The molecule has 1 aromatic rings. The largest absolute Gasteiger partial charge is 0.398 e. The van der Waals surface area contributed by atoms with Crippen LogP contribution in [-0.4, -0.2) is 4.98 Å². The Kier molecular flexibility index (Phi) is 11.7. The van der Waals surface area contributed by atoms with Crippen molar-refractivity contribution in [1.29, 1.82) is 0 Å². The van der Waals surface area contributed by atoms with Crippen LogP contribution in [0.25, 0.3) is 20.8 Å². The van der Waals surface area contributed by atoms with Crippen molar-refractivity contribution in [2.45, 2.75) is 130 Å². The number of fused-ring (bicyclic) bond motifs is 2. The summed E-state index contributed by atoms with van der Waals surface area (Å²) in [5, 5.41) is 8.15. The van der Waals surface area contributed by atoms with Crippen molar-refractivity contribution in [2.75, 3.05) is 5.73 Å². The van der Waals surface area contributed by atoms with Gasteiger partial charge in [0.15, 0.2) is 0 Å². The van der Waals surface area contributed by atoms with Crippen LogP contribution in [0.1, 0.15) is 127 Å². The Morgan fingerprint density at radius 1 is 0.667 bits per heavy atom. The summed E-state index contributed by atoms with van der Waals surface area (Å²) in [6.45, 7) is 9.09. The van der Waals surface area contributed by atoms with Crippen LogP contribution in [0, 0.1) is 0 Å². The molecule has 3 nitrogen and oxygen atoms in total. The van der Waals surface area contributed by atoms with Gasteiger partial charge in [-0.25, -0.2) is 4.98 Å². The summed E-state index contributed by atoms with van der Waals surface area (Å²) in [6.07, 6.45) is 18.9. The molecule has 2 aliphatic rings. The molecule has 4 N–H and O–H groups in total. The molecule has 0 saturated heterocycles. The fraction of sp³-hybridized carbons (Fsp3) is 0.625. The smallest absolute Gasteiger partial charge is 0.204 e. The number of hydrogen-bond acceptors (Lipinski definition) is 3. The molecule has 0 saturated carbocycles. The van der Waals surface area contributed by atoms with E-state index in [2.05, 4.69) is 39.8 Å². The summed E-state index contributed by atoms with van der Waals surface area (Å²) in [6, 6.07) is 4.22. The maximum Gasteiger partial charge on any atom is 0.204 e. The molecule has 3 rings (SSSR count). The maximum absolute atomic E-state index is 7.08. The summed E-state index contributed by atoms with van der Waals surface area (Å²) in [4.78, 5) is 6.73. The van der Waals surface area contributed by atoms with Crippen LogP contribution in [0.4, 0.5) is 5.69 Å². The molecule has 0 aromatic heterocycles. The van der Waals surface area contributed by atoms with E-state index in [9.17, 15) is 0 Å². The van der Waals surface area contributed by atoms with Gasteiger partial charge in [0.1, 0.15) is 0 Å². The topological polar surface area (TPSA) is 64.5 Å². The molecule has 1 aliphatic heterocycles. The van der Waals surface area contributed by atoms with Crippen molar-refractivity contribution in [3.63, 3.8) is 0 Å². The molecule has 0 radical (unpaired) electrons. The Morgan fingerprint density at radius 2 is 1.17 bits per heavy atom. The number of nitrogens with two attached hydrogens (primary N) is 2. The Morgan fingerprint density at radius 3 is 1.72 bits per heavy atom. The highest BCUT2D eigenvalue weighted by atomic mass is 32.1. The van der Waals surface area contributed by atoms with Crippen molar-refractivity contribution >= 4 is 27.2 Å². The van der Waals surface area contributed by atoms with E-state index in [4.69, 9.17) is 16.1 Å². The molecule has 198 valence electrons. The molecule has 36 heavy (non-hydrogen) atoms. The second-order valence-corrected chi connectivity index (χ2v) is 11.6. The predicted molar refractivity (Wildman–Crippen MR) is 159 cm³/mol. The van der Waals surface area contributed by atoms with Crippen LogP contribution in [-0.2, 0) is 25.7 Å². The van der Waals surface area contributed by atoms with E-state index >= 15 is 0 Å². The number of anilines is 1. The molecular weight excluding hydrogens is 458 g/mol. The van der Waals surface area contributed by atoms with Gasteiger partial charge in [-0.3, -0.25) is 5.41 Å². The third-order valence-corrected chi connectivity index (χ3v) is 8.93. The molecule has 0 spiro atoms. The van der Waals surface area contributed by atoms with Crippen LogP contribution < -0.4 is 16.5 Å². The minimum absolute atomic E-state index is 0.913. The fourth-order valence-corrected chi connectivity index (χ4v) is 6.81. The van der Waals surface area contributed by atoms with Gasteiger partial charge >= 0.3 is 0 Å². The molecular formula is C32H50N3S+. The third kappa shape index (κ3) is 6.88. The van der Waals surface area contributed by atoms with Gasteiger partial charge in [0.2, 0.25) is 5.36 Å². The van der Waals surface area contributed by atoms with Gasteiger partial charge in [-0.2, -0.15) is 0 Å². The Bertz CT molecular complexity index is 1130. The minimum atomic E-state index is 0.913. The lowest BCUT2D eigenvalue weighted by atomic mass is 9.89. The van der Waals surface area contributed by atoms with Crippen molar-refractivity contribution in [3.8, 4) is 10.6 Å². The third-order valence-electron chi connectivity index (χ3n) is 7.62. The Labute approximate surface area is 223 Å². The quantitative estimate of drug-likeness (QED) is 0.119. The zero-order valence-corrected chi connectivity index (χ0v) is 24.3. The number of aryl methyl sites for hydroxylation is 1. The van der Waals surface area contributed by atoms with E-state index in [1.165, 1.54) is 115 Å². The van der Waals surface area contributed by atoms with E-state index in [-0.39, 0.29) is 0 Å². The van der Waals surface area contributed by atoms with Crippen LogP contribution >= 0.6 is 11.3 Å². The first-order valence-corrected chi connectivity index (χ1v) is 15.7. The average molecular weight is 509 g/mol. The first-order valence-electron chi connectivity index (χ1n) is 14.8. The van der Waals surface area contributed by atoms with E-state index < -0.39 is 0 Å². The molecule has 1 aliphatic carbocycles. The number of unbranched alkanes of at least 4 members (excludes halogenated alkanes) is 8. The predicted octanol–water partition coefficient (Wildman–Crippen LogP) is 7.57. The van der Waals surface area contributed by atoms with Gasteiger partial charge in [0, 0.05) is 16.8 Å². The summed E-state index contributed by atoms with van der Waals surface area (Å²) in [5.41, 5.74) is 15.2. The number of benzene rings is 2. The zero-order valence-electron chi connectivity index (χ0n) is 23.5. The molecule has 0 bridgehead atoms. The molecule has 1 heterocycles. The highest BCUT2D eigenvalue weighted by Gasteiger charge is 2.25. The van der Waals surface area contributed by atoms with Gasteiger partial charge in [-0.15, -0.1) is 11.3 Å². The highest BCUT2D eigenvalue weighted by Crippen LogP contribution is 2.40. The summed E-state index contributed by atoms with van der Waals surface area (Å²) < 4.78 is 1.27. The van der Waals surface area contributed by atoms with Crippen LogP contribution in [0.15, 0.2) is 12.1 Å². The van der Waals surface area contributed by atoms with Gasteiger partial charge in [-0.05, 0) is 74.6 Å². The summed E-state index contributed by atoms with van der Waals surface area (Å²) in [5.74, 6) is 0. The monoisotopic (exact) mass is 508 g/mol. The van der Waals surface area contributed by atoms with E-state index in [0.717, 1.165) is 42.2 Å². The number of rotatable bonds is 16. The lowest BCUT2D eigenvalue weighted by molar-refractivity contribution is -0.174. The maximum atomic E-state index is 7.08. The number of hydrogen-bond donors (Lipinski definition) is 2. The second-order valence-electron chi connectivity index (χ2n) is 10.6. The summed E-state index contributed by atoms with van der Waals surface area (Å²) in [7, 11) is 0. The lowest BCUT2D eigenvalue weighted by Gasteiger charge is -2.20. The molecule has 4 heteroatoms. The Hall–Kier alpha value is -1.94. The van der Waals surface area contributed by atoms with Gasteiger partial charge in [-0.1, -0.05) is 79.1 Å². The van der Waals surface area contributed by atoms with Crippen LogP contribution in [0.2, 0.25) is 0 Å². The van der Waals surface area contributed by atoms with Gasteiger partial charge < -0.3 is 5.73 Å². The fourth-order valence-electron chi connectivity index (χ4n) is 5.44. The van der Waals surface area contributed by atoms with Gasteiger partial charge in [0.05, 0.1) is 20.8 Å². The standard InChI is InChI=1S/C32H49N3S/c1-5-9-13-17-23-24(18-14-10-6-2)30-32(26(29(23)34)20-16-12-8-4)36-31-25(19-15-11-7-3)27(33)21-22-28(31)35-30/h21-22,34H,5-20,33H2,1-4H3/p+1. The molecule has 0 atom stereocenters. The van der Waals surface area contributed by atoms with Crippen molar-refractivity contribution < 1.29 is 5.41 Å². The van der Waals surface area contributed by atoms with Crippen molar-refractivity contribution in [1.82, 2.24) is 4.98 Å². The zero-order chi connectivity index (χ0) is 25.9. The highest BCUT2D eigenvalue weighted by molar-refractivity contribution is 7.21. The normalized spacial score (nSPS) is 11.7. The molecule has 0 fully saturated rings. The molecule has 1 aromatic carbocycles. The van der Waals surface area contributed by atoms with E-state index in [1.807, 2.05) is 11.3 Å². The second kappa shape index (κ2) is 14.7. The van der Waals surface area contributed by atoms with Crippen molar-refractivity contribution in [3.05, 3.63) is 39.7 Å². The minimum Gasteiger partial charge on any atom is -0.398 e. The van der Waals surface area contributed by atoms with Crippen LogP contribution in [0.5, 0.6) is 0 Å². The first kappa shape index (κ1) is 28.6. The first-order chi connectivity index (χ1) is 17.6. The van der Waals surface area contributed by atoms with Crippen molar-refractivity contribution in [2.24, 2.45) is 0 Å². The van der Waals surface area contributed by atoms with Crippen LogP contribution in [0.3, 0.4) is 0 Å². The van der Waals surface area contributed by atoms with Gasteiger partial charge in [0.25, 0.3) is 0 Å². The number of nitrogen functional groups attached to an aromatic ring is 1. The SMILES string of the molecule is CCCCCc1c2nc3ccc(N)c(CCCCC)c3sc-2c(CCCCC)c(=[NH2+])c1CCCCC. The number of aromatic nitrogens is 1. The average Bonchev–Trinajstić information content (AvgIpc) is 2.88. The lowest BCUT2D eigenvalue weighted by Crippen LogP contribution is -2.50. The number of nitrogens with zero attached hydrogens (tertiary/aromatic N) is 1.